The third-order valence-electron chi connectivity index (χ3n) is 4.17. The lowest BCUT2D eigenvalue weighted by atomic mass is 9.87. The van der Waals surface area contributed by atoms with Crippen LogP contribution in [-0.2, 0) is 20.2 Å². The SMILES string of the molecule is C[C@H](NS(=O)(=O)c1ccc(C(C)(C)C)cc1)C(=O)NNC(=O)c1ccccc1F. The first-order valence-electron chi connectivity index (χ1n) is 8.89. The third kappa shape index (κ3) is 5.85. The standard InChI is InChI=1S/C20H24FN3O4S/c1-13(18(25)22-23-19(26)16-7-5-6-8-17(16)21)24-29(27,28)15-11-9-14(10-12-15)20(2,3)4/h5-13,24H,1-4H3,(H,22,25)(H,23,26)/t13-/m0/s1. The van der Waals surface area contributed by atoms with Crippen molar-refractivity contribution < 1.29 is 22.4 Å². The molecule has 0 aliphatic heterocycles. The van der Waals surface area contributed by atoms with E-state index in [1.165, 1.54) is 37.3 Å². The Morgan fingerprint density at radius 3 is 2.10 bits per heavy atom. The minimum atomic E-state index is -3.95. The summed E-state index contributed by atoms with van der Waals surface area (Å²) in [5, 5.41) is 0. The zero-order chi connectivity index (χ0) is 21.8. The van der Waals surface area contributed by atoms with Gasteiger partial charge in [-0.2, -0.15) is 4.72 Å². The summed E-state index contributed by atoms with van der Waals surface area (Å²) in [5.74, 6) is -2.40. The largest absolute Gasteiger partial charge is 0.272 e. The predicted octanol–water partition coefficient (Wildman–Crippen LogP) is 2.25. The molecule has 0 bridgehead atoms. The zero-order valence-corrected chi connectivity index (χ0v) is 17.4. The van der Waals surface area contributed by atoms with Crippen LogP contribution in [0.4, 0.5) is 4.39 Å². The maximum absolute atomic E-state index is 13.6. The van der Waals surface area contributed by atoms with Crippen molar-refractivity contribution in [1.29, 1.82) is 0 Å². The van der Waals surface area contributed by atoms with Gasteiger partial charge in [0, 0.05) is 0 Å². The van der Waals surface area contributed by atoms with E-state index in [1.807, 2.05) is 20.8 Å². The monoisotopic (exact) mass is 421 g/mol. The highest BCUT2D eigenvalue weighted by Gasteiger charge is 2.23. The summed E-state index contributed by atoms with van der Waals surface area (Å²) in [6, 6.07) is 10.4. The van der Waals surface area contributed by atoms with Gasteiger partial charge < -0.3 is 0 Å². The van der Waals surface area contributed by atoms with E-state index in [4.69, 9.17) is 0 Å². The van der Waals surface area contributed by atoms with Crippen molar-refractivity contribution in [3.63, 3.8) is 0 Å². The van der Waals surface area contributed by atoms with Gasteiger partial charge >= 0.3 is 0 Å². The van der Waals surface area contributed by atoms with Crippen LogP contribution in [-0.4, -0.2) is 26.3 Å². The smallest absolute Gasteiger partial charge is 0.271 e. The lowest BCUT2D eigenvalue weighted by Gasteiger charge is -2.19. The highest BCUT2D eigenvalue weighted by Crippen LogP contribution is 2.23. The van der Waals surface area contributed by atoms with E-state index < -0.39 is 33.7 Å². The molecule has 0 aliphatic rings. The maximum Gasteiger partial charge on any atom is 0.272 e. The van der Waals surface area contributed by atoms with Crippen molar-refractivity contribution in [3.05, 3.63) is 65.5 Å². The molecule has 0 spiro atoms. The molecule has 7 nitrogen and oxygen atoms in total. The molecule has 2 amide bonds. The van der Waals surface area contributed by atoms with Gasteiger partial charge in [-0.15, -0.1) is 0 Å². The Morgan fingerprint density at radius 2 is 1.55 bits per heavy atom. The van der Waals surface area contributed by atoms with E-state index >= 15 is 0 Å². The molecule has 0 saturated heterocycles. The lowest BCUT2D eigenvalue weighted by Crippen LogP contribution is -2.51. The number of sulfonamides is 1. The fourth-order valence-electron chi connectivity index (χ4n) is 2.43. The van der Waals surface area contributed by atoms with Crippen LogP contribution in [0.2, 0.25) is 0 Å². The Bertz CT molecular complexity index is 999. The number of carbonyl (C=O) groups excluding carboxylic acids is 2. The molecular weight excluding hydrogens is 397 g/mol. The second kappa shape index (κ2) is 8.71. The van der Waals surface area contributed by atoms with Crippen LogP contribution in [0.25, 0.3) is 0 Å². The van der Waals surface area contributed by atoms with Crippen molar-refractivity contribution in [1.82, 2.24) is 15.6 Å². The molecule has 2 rings (SSSR count). The lowest BCUT2D eigenvalue weighted by molar-refractivity contribution is -0.123. The summed E-state index contributed by atoms with van der Waals surface area (Å²) in [6.07, 6.45) is 0. The molecule has 0 radical (unpaired) electrons. The zero-order valence-electron chi connectivity index (χ0n) is 16.6. The Labute approximate surface area is 169 Å². The van der Waals surface area contributed by atoms with Crippen LogP contribution < -0.4 is 15.6 Å². The normalized spacial score (nSPS) is 12.9. The summed E-state index contributed by atoms with van der Waals surface area (Å²) in [7, 11) is -3.95. The predicted molar refractivity (Wildman–Crippen MR) is 107 cm³/mol. The first-order chi connectivity index (χ1) is 13.4. The summed E-state index contributed by atoms with van der Waals surface area (Å²) < 4.78 is 40.8. The fraction of sp³-hybridized carbons (Fsp3) is 0.300. The van der Waals surface area contributed by atoms with Crippen molar-refractivity contribution in [3.8, 4) is 0 Å². The number of rotatable bonds is 5. The molecule has 0 fully saturated rings. The van der Waals surface area contributed by atoms with Crippen molar-refractivity contribution in [2.45, 2.75) is 44.0 Å². The molecular formula is C20H24FN3O4S. The molecule has 1 atom stereocenters. The quantitative estimate of drug-likeness (QED) is 0.644. The maximum atomic E-state index is 13.6. The minimum absolute atomic E-state index is 0.0144. The number of amides is 2. The van der Waals surface area contributed by atoms with Crippen LogP contribution in [0, 0.1) is 5.82 Å². The van der Waals surface area contributed by atoms with Gasteiger partial charge in [0.15, 0.2) is 0 Å². The van der Waals surface area contributed by atoms with Crippen LogP contribution in [0.5, 0.6) is 0 Å². The van der Waals surface area contributed by atoms with E-state index in [0.29, 0.717) is 0 Å². The fourth-order valence-corrected chi connectivity index (χ4v) is 3.63. The van der Waals surface area contributed by atoms with Crippen molar-refractivity contribution >= 4 is 21.8 Å². The van der Waals surface area contributed by atoms with Crippen LogP contribution >= 0.6 is 0 Å². The molecule has 3 N–H and O–H groups in total. The number of hydrazine groups is 1. The molecule has 2 aromatic rings. The second-order valence-electron chi connectivity index (χ2n) is 7.54. The highest BCUT2D eigenvalue weighted by molar-refractivity contribution is 7.89. The van der Waals surface area contributed by atoms with Gasteiger partial charge in [0.25, 0.3) is 11.8 Å². The second-order valence-corrected chi connectivity index (χ2v) is 9.25. The average Bonchev–Trinajstić information content (AvgIpc) is 2.65. The van der Waals surface area contributed by atoms with E-state index in [9.17, 15) is 22.4 Å². The highest BCUT2D eigenvalue weighted by atomic mass is 32.2. The van der Waals surface area contributed by atoms with Gasteiger partial charge in [-0.3, -0.25) is 20.4 Å². The number of halogens is 1. The number of hydrogen-bond donors (Lipinski definition) is 3. The van der Waals surface area contributed by atoms with Crippen molar-refractivity contribution in [2.24, 2.45) is 0 Å². The summed E-state index contributed by atoms with van der Waals surface area (Å²) in [5.41, 5.74) is 4.73. The summed E-state index contributed by atoms with van der Waals surface area (Å²) in [6.45, 7) is 7.36. The average molecular weight is 421 g/mol. The van der Waals surface area contributed by atoms with E-state index in [-0.39, 0.29) is 15.9 Å². The van der Waals surface area contributed by atoms with Gasteiger partial charge in [0.05, 0.1) is 16.5 Å². The van der Waals surface area contributed by atoms with Crippen LogP contribution in [0.15, 0.2) is 53.4 Å². The Balaban J connectivity index is 1.99. The number of hydrogen-bond acceptors (Lipinski definition) is 4. The van der Waals surface area contributed by atoms with E-state index in [1.54, 1.807) is 12.1 Å². The molecule has 0 aromatic heterocycles. The molecule has 29 heavy (non-hydrogen) atoms. The van der Waals surface area contributed by atoms with Crippen molar-refractivity contribution in [2.75, 3.05) is 0 Å². The van der Waals surface area contributed by atoms with Crippen LogP contribution in [0.3, 0.4) is 0 Å². The molecule has 156 valence electrons. The van der Waals surface area contributed by atoms with Gasteiger partial charge in [0.1, 0.15) is 5.82 Å². The van der Waals surface area contributed by atoms with Crippen LogP contribution in [0.1, 0.15) is 43.6 Å². The molecule has 9 heteroatoms. The molecule has 2 aromatic carbocycles. The molecule has 0 heterocycles. The summed E-state index contributed by atoms with van der Waals surface area (Å²) >= 11 is 0. The number of nitrogens with one attached hydrogen (secondary N) is 3. The first-order valence-corrected chi connectivity index (χ1v) is 10.4. The number of carbonyl (C=O) groups is 2. The van der Waals surface area contributed by atoms with E-state index in [2.05, 4.69) is 15.6 Å². The third-order valence-corrected chi connectivity index (χ3v) is 5.73. The Morgan fingerprint density at radius 1 is 0.966 bits per heavy atom. The van der Waals surface area contributed by atoms with Gasteiger partial charge in [-0.05, 0) is 42.2 Å². The molecule has 0 unspecified atom stereocenters. The summed E-state index contributed by atoms with van der Waals surface area (Å²) in [4.78, 5) is 24.0. The van der Waals surface area contributed by atoms with Gasteiger partial charge in [-0.1, -0.05) is 45.0 Å². The Hall–Kier alpha value is -2.78. The molecule has 0 saturated carbocycles. The van der Waals surface area contributed by atoms with Gasteiger partial charge in [0.2, 0.25) is 10.0 Å². The van der Waals surface area contributed by atoms with Gasteiger partial charge in [-0.25, -0.2) is 12.8 Å². The Kier molecular flexibility index (Phi) is 6.76. The molecule has 0 aliphatic carbocycles. The topological polar surface area (TPSA) is 104 Å². The van der Waals surface area contributed by atoms with E-state index in [0.717, 1.165) is 11.6 Å². The number of benzene rings is 2. The first kappa shape index (κ1) is 22.5. The minimum Gasteiger partial charge on any atom is -0.271 e.